The third-order valence-electron chi connectivity index (χ3n) is 5.97. The van der Waals surface area contributed by atoms with E-state index in [0.29, 0.717) is 13.1 Å². The highest BCUT2D eigenvalue weighted by atomic mass is 16.6. The maximum Gasteiger partial charge on any atom is 0.410 e. The zero-order valence-corrected chi connectivity index (χ0v) is 18.2. The first-order valence-electron chi connectivity index (χ1n) is 10.9. The van der Waals surface area contributed by atoms with Gasteiger partial charge in [0, 0.05) is 37.2 Å². The lowest BCUT2D eigenvalue weighted by Crippen LogP contribution is -2.41. The van der Waals surface area contributed by atoms with E-state index in [4.69, 9.17) is 4.74 Å². The van der Waals surface area contributed by atoms with Crippen LogP contribution in [0.15, 0.2) is 42.7 Å². The number of amides is 1. The van der Waals surface area contributed by atoms with Crippen LogP contribution >= 0.6 is 0 Å². The summed E-state index contributed by atoms with van der Waals surface area (Å²) >= 11 is 0. The molecule has 0 atom stereocenters. The van der Waals surface area contributed by atoms with Crippen LogP contribution in [0.2, 0.25) is 0 Å². The van der Waals surface area contributed by atoms with Crippen LogP contribution in [0.3, 0.4) is 0 Å². The van der Waals surface area contributed by atoms with Crippen LogP contribution in [0.25, 0.3) is 16.8 Å². The molecule has 1 fully saturated rings. The van der Waals surface area contributed by atoms with E-state index in [-0.39, 0.29) is 12.0 Å². The van der Waals surface area contributed by atoms with E-state index in [2.05, 4.69) is 39.6 Å². The number of carbonyl (C=O) groups excluding carboxylic acids is 1. The average Bonchev–Trinajstić information content (AvgIpc) is 3.37. The minimum atomic E-state index is -0.472. The Bertz CT molecular complexity index is 1120. The van der Waals surface area contributed by atoms with E-state index < -0.39 is 5.60 Å². The van der Waals surface area contributed by atoms with E-state index in [0.717, 1.165) is 41.9 Å². The monoisotopic (exact) mass is 417 g/mol. The summed E-state index contributed by atoms with van der Waals surface area (Å²) in [4.78, 5) is 18.7. The zero-order chi connectivity index (χ0) is 21.6. The van der Waals surface area contributed by atoms with Crippen LogP contribution in [0.5, 0.6) is 0 Å². The predicted molar refractivity (Wildman–Crippen MR) is 117 cm³/mol. The Labute approximate surface area is 182 Å². The first-order chi connectivity index (χ1) is 14.9. The summed E-state index contributed by atoms with van der Waals surface area (Å²) in [6.07, 6.45) is 6.21. The summed E-state index contributed by atoms with van der Waals surface area (Å²) in [5, 5.41) is 8.93. The second-order valence-corrected chi connectivity index (χ2v) is 9.32. The zero-order valence-electron chi connectivity index (χ0n) is 18.2. The summed E-state index contributed by atoms with van der Waals surface area (Å²) in [6.45, 7) is 7.02. The molecule has 0 unspecified atom stereocenters. The quantitative estimate of drug-likeness (QED) is 0.485. The Morgan fingerprint density at radius 2 is 1.90 bits per heavy atom. The Balaban J connectivity index is 1.33. The number of pyridine rings is 1. The van der Waals surface area contributed by atoms with E-state index in [1.54, 1.807) is 4.90 Å². The lowest BCUT2D eigenvalue weighted by Gasteiger charge is -2.32. The van der Waals surface area contributed by atoms with Gasteiger partial charge in [0.1, 0.15) is 5.60 Å². The number of aromatic nitrogens is 4. The van der Waals surface area contributed by atoms with Gasteiger partial charge in [0.25, 0.3) is 0 Å². The summed E-state index contributed by atoms with van der Waals surface area (Å²) < 4.78 is 7.37. The van der Waals surface area contributed by atoms with Crippen molar-refractivity contribution in [2.45, 2.75) is 51.6 Å². The number of nitrogens with zero attached hydrogens (tertiary/aromatic N) is 5. The molecule has 7 heteroatoms. The first kappa shape index (κ1) is 19.7. The van der Waals surface area contributed by atoms with Crippen molar-refractivity contribution in [2.75, 3.05) is 13.1 Å². The third kappa shape index (κ3) is 3.80. The van der Waals surface area contributed by atoms with Crippen LogP contribution in [0.1, 0.15) is 56.5 Å². The lowest BCUT2D eigenvalue weighted by atomic mass is 9.94. The van der Waals surface area contributed by atoms with Crippen LogP contribution in [0.4, 0.5) is 4.79 Å². The minimum Gasteiger partial charge on any atom is -0.444 e. The van der Waals surface area contributed by atoms with Gasteiger partial charge in [-0.05, 0) is 50.8 Å². The van der Waals surface area contributed by atoms with Gasteiger partial charge in [-0.2, -0.15) is 0 Å². The summed E-state index contributed by atoms with van der Waals surface area (Å²) in [5.41, 5.74) is 6.27. The maximum absolute atomic E-state index is 12.3. The van der Waals surface area contributed by atoms with Gasteiger partial charge in [-0.1, -0.05) is 29.5 Å². The van der Waals surface area contributed by atoms with Crippen LogP contribution in [-0.4, -0.2) is 49.7 Å². The van der Waals surface area contributed by atoms with Crippen LogP contribution < -0.4 is 0 Å². The molecule has 1 saturated heterocycles. The molecule has 1 aliphatic heterocycles. The molecule has 5 rings (SSSR count). The number of hydrogen-bond donors (Lipinski definition) is 0. The highest BCUT2D eigenvalue weighted by molar-refractivity contribution is 5.81. The van der Waals surface area contributed by atoms with E-state index in [1.165, 1.54) is 11.1 Å². The van der Waals surface area contributed by atoms with Crippen molar-refractivity contribution in [3.63, 3.8) is 0 Å². The van der Waals surface area contributed by atoms with Crippen molar-refractivity contribution in [3.8, 4) is 16.8 Å². The van der Waals surface area contributed by atoms with Gasteiger partial charge in [0.2, 0.25) is 0 Å². The molecule has 3 heterocycles. The number of hydrogen-bond acceptors (Lipinski definition) is 5. The topological polar surface area (TPSA) is 73.1 Å². The molecular formula is C24H27N5O2. The second kappa shape index (κ2) is 7.48. The number of benzene rings is 1. The number of piperidine rings is 1. The average molecular weight is 418 g/mol. The van der Waals surface area contributed by atoms with Crippen molar-refractivity contribution in [2.24, 2.45) is 0 Å². The molecule has 1 aromatic carbocycles. The molecule has 0 N–H and O–H groups in total. The summed E-state index contributed by atoms with van der Waals surface area (Å²) in [7, 11) is 0. The molecule has 3 aromatic rings. The first-order valence-corrected chi connectivity index (χ1v) is 10.9. The van der Waals surface area contributed by atoms with E-state index >= 15 is 0 Å². The molecule has 1 aliphatic carbocycles. The van der Waals surface area contributed by atoms with Gasteiger partial charge in [0.05, 0.1) is 23.3 Å². The molecule has 1 amide bonds. The number of fused-ring (bicyclic) bond motifs is 3. The van der Waals surface area contributed by atoms with Crippen LogP contribution in [0, 0.1) is 0 Å². The fourth-order valence-corrected chi connectivity index (χ4v) is 4.48. The molecule has 7 nitrogen and oxygen atoms in total. The SMILES string of the molecule is CC(C)(C)OC(=O)N1CCC(c2cn(-c3ccnc4c3-c3ccccc3C4)nn2)CC1. The Kier molecular flexibility index (Phi) is 4.76. The van der Waals surface area contributed by atoms with Gasteiger partial charge < -0.3 is 9.64 Å². The predicted octanol–water partition coefficient (Wildman–Crippen LogP) is 4.35. The molecule has 2 aromatic heterocycles. The molecule has 0 spiro atoms. The minimum absolute atomic E-state index is 0.236. The second-order valence-electron chi connectivity index (χ2n) is 9.32. The van der Waals surface area contributed by atoms with Gasteiger partial charge in [-0.15, -0.1) is 5.10 Å². The Hall–Kier alpha value is -3.22. The molecule has 0 bridgehead atoms. The van der Waals surface area contributed by atoms with Crippen molar-refractivity contribution < 1.29 is 9.53 Å². The number of likely N-dealkylation sites (tertiary alicyclic amines) is 1. The molecule has 0 saturated carbocycles. The molecule has 160 valence electrons. The van der Waals surface area contributed by atoms with Crippen molar-refractivity contribution in [1.29, 1.82) is 0 Å². The van der Waals surface area contributed by atoms with E-state index in [9.17, 15) is 4.79 Å². The molecule has 31 heavy (non-hydrogen) atoms. The highest BCUT2D eigenvalue weighted by Crippen LogP contribution is 2.39. The molecule has 2 aliphatic rings. The van der Waals surface area contributed by atoms with Crippen LogP contribution in [-0.2, 0) is 11.2 Å². The Morgan fingerprint density at radius 1 is 1.13 bits per heavy atom. The standard InChI is InChI=1S/C24H27N5O2/c1-24(2,3)31-23(30)28-12-9-16(10-13-28)20-15-29(27-26-20)21-8-11-25-19-14-17-6-4-5-7-18(17)22(19)21/h4-8,11,15-16H,9-10,12-14H2,1-3H3. The van der Waals surface area contributed by atoms with Crippen molar-refractivity contribution in [3.05, 3.63) is 59.7 Å². The fraction of sp³-hybridized carbons (Fsp3) is 0.417. The smallest absolute Gasteiger partial charge is 0.410 e. The number of rotatable bonds is 2. The molecular weight excluding hydrogens is 390 g/mol. The lowest BCUT2D eigenvalue weighted by molar-refractivity contribution is 0.0204. The number of ether oxygens (including phenoxy) is 1. The normalized spacial score (nSPS) is 16.2. The summed E-state index contributed by atoms with van der Waals surface area (Å²) in [6, 6.07) is 10.4. The van der Waals surface area contributed by atoms with Crippen molar-refractivity contribution >= 4 is 6.09 Å². The van der Waals surface area contributed by atoms with Gasteiger partial charge in [-0.25, -0.2) is 9.48 Å². The van der Waals surface area contributed by atoms with E-state index in [1.807, 2.05) is 43.9 Å². The number of carbonyl (C=O) groups is 1. The van der Waals surface area contributed by atoms with Gasteiger partial charge >= 0.3 is 6.09 Å². The van der Waals surface area contributed by atoms with Crippen molar-refractivity contribution in [1.82, 2.24) is 24.9 Å². The fourth-order valence-electron chi connectivity index (χ4n) is 4.48. The highest BCUT2D eigenvalue weighted by Gasteiger charge is 2.29. The summed E-state index contributed by atoms with van der Waals surface area (Å²) in [5.74, 6) is 0.287. The molecule has 0 radical (unpaired) electrons. The maximum atomic E-state index is 12.3. The van der Waals surface area contributed by atoms with Gasteiger partial charge in [0.15, 0.2) is 0 Å². The van der Waals surface area contributed by atoms with Gasteiger partial charge in [-0.3, -0.25) is 4.98 Å². The Morgan fingerprint density at radius 3 is 2.68 bits per heavy atom. The third-order valence-corrected chi connectivity index (χ3v) is 5.97. The largest absolute Gasteiger partial charge is 0.444 e.